The zero-order valence-corrected chi connectivity index (χ0v) is 9.34. The van der Waals surface area contributed by atoms with Crippen molar-refractivity contribution in [1.82, 2.24) is 5.32 Å². The van der Waals surface area contributed by atoms with E-state index in [0.717, 1.165) is 6.42 Å². The third-order valence-corrected chi connectivity index (χ3v) is 2.49. The van der Waals surface area contributed by atoms with E-state index < -0.39 is 11.6 Å². The molecule has 4 N–H and O–H groups in total. The van der Waals surface area contributed by atoms with Gasteiger partial charge < -0.3 is 16.2 Å². The summed E-state index contributed by atoms with van der Waals surface area (Å²) in [6.45, 7) is 5.65. The van der Waals surface area contributed by atoms with Crippen molar-refractivity contribution < 1.29 is 9.90 Å². The van der Waals surface area contributed by atoms with Crippen molar-refractivity contribution in [3.05, 3.63) is 0 Å². The average Bonchev–Trinajstić information content (AvgIpc) is 2.18. The average molecular weight is 202 g/mol. The second kappa shape index (κ2) is 5.98. The van der Waals surface area contributed by atoms with Crippen LogP contribution < -0.4 is 11.1 Å². The molecule has 0 fully saturated rings. The largest absolute Gasteiger partial charge is 0.394 e. The van der Waals surface area contributed by atoms with E-state index in [-0.39, 0.29) is 12.5 Å². The van der Waals surface area contributed by atoms with Gasteiger partial charge in [0.05, 0.1) is 18.2 Å². The summed E-state index contributed by atoms with van der Waals surface area (Å²) in [6, 6.07) is -0.461. The fourth-order valence-corrected chi connectivity index (χ4v) is 1.07. The highest BCUT2D eigenvalue weighted by Crippen LogP contribution is 2.08. The number of carbonyl (C=O) groups excluding carboxylic acids is 1. The molecule has 0 radical (unpaired) electrons. The third-order valence-electron chi connectivity index (χ3n) is 2.49. The molecule has 0 aromatic rings. The fraction of sp³-hybridized carbons (Fsp3) is 0.900. The van der Waals surface area contributed by atoms with Gasteiger partial charge in [-0.2, -0.15) is 0 Å². The quantitative estimate of drug-likeness (QED) is 0.583. The first kappa shape index (κ1) is 13.4. The van der Waals surface area contributed by atoms with Crippen molar-refractivity contribution in [2.24, 2.45) is 5.73 Å². The minimum absolute atomic E-state index is 0.0614. The molecule has 2 atom stereocenters. The van der Waals surface area contributed by atoms with E-state index in [1.54, 1.807) is 0 Å². The van der Waals surface area contributed by atoms with Gasteiger partial charge in [0.15, 0.2) is 0 Å². The number of rotatable bonds is 6. The van der Waals surface area contributed by atoms with E-state index in [1.165, 1.54) is 0 Å². The lowest BCUT2D eigenvalue weighted by Crippen LogP contribution is -2.53. The van der Waals surface area contributed by atoms with E-state index in [4.69, 9.17) is 10.8 Å². The molecule has 0 aromatic heterocycles. The molecule has 1 unspecified atom stereocenters. The molecule has 0 saturated carbocycles. The molecule has 0 aromatic carbocycles. The van der Waals surface area contributed by atoms with Crippen molar-refractivity contribution in [1.29, 1.82) is 0 Å². The molecule has 0 rings (SSSR count). The minimum atomic E-state index is -0.539. The van der Waals surface area contributed by atoms with Crippen LogP contribution in [0.25, 0.3) is 0 Å². The highest BCUT2D eigenvalue weighted by molar-refractivity contribution is 5.82. The van der Waals surface area contributed by atoms with Crippen LogP contribution in [0, 0.1) is 0 Å². The van der Waals surface area contributed by atoms with Crippen LogP contribution >= 0.6 is 0 Å². The van der Waals surface area contributed by atoms with Crippen molar-refractivity contribution in [2.75, 3.05) is 6.61 Å². The fourth-order valence-electron chi connectivity index (χ4n) is 1.07. The third kappa shape index (κ3) is 4.07. The summed E-state index contributed by atoms with van der Waals surface area (Å²) in [7, 11) is 0. The summed E-state index contributed by atoms with van der Waals surface area (Å²) >= 11 is 0. The van der Waals surface area contributed by atoms with Crippen LogP contribution in [0.1, 0.15) is 40.0 Å². The van der Waals surface area contributed by atoms with E-state index in [1.807, 2.05) is 20.8 Å². The van der Waals surface area contributed by atoms with Gasteiger partial charge in [0.25, 0.3) is 0 Å². The Hall–Kier alpha value is -0.610. The highest BCUT2D eigenvalue weighted by Gasteiger charge is 2.25. The van der Waals surface area contributed by atoms with Crippen molar-refractivity contribution in [3.8, 4) is 0 Å². The van der Waals surface area contributed by atoms with Crippen LogP contribution in [0.4, 0.5) is 0 Å². The van der Waals surface area contributed by atoms with Crippen LogP contribution in [-0.2, 0) is 4.79 Å². The predicted molar refractivity (Wildman–Crippen MR) is 56.8 cm³/mol. The molecular weight excluding hydrogens is 180 g/mol. The molecule has 84 valence electrons. The molecule has 0 bridgehead atoms. The summed E-state index contributed by atoms with van der Waals surface area (Å²) in [5.74, 6) is -0.176. The Morgan fingerprint density at radius 1 is 1.57 bits per heavy atom. The number of hydrogen-bond acceptors (Lipinski definition) is 3. The summed E-state index contributed by atoms with van der Waals surface area (Å²) in [5, 5.41) is 11.9. The van der Waals surface area contributed by atoms with Gasteiger partial charge in [-0.15, -0.1) is 0 Å². The number of nitrogens with two attached hydrogens (primary N) is 1. The maximum absolute atomic E-state index is 11.5. The summed E-state index contributed by atoms with van der Waals surface area (Å²) in [4.78, 5) is 11.5. The lowest BCUT2D eigenvalue weighted by molar-refractivity contribution is -0.124. The van der Waals surface area contributed by atoms with Crippen molar-refractivity contribution in [3.63, 3.8) is 0 Å². The van der Waals surface area contributed by atoms with Gasteiger partial charge >= 0.3 is 0 Å². The molecule has 0 aliphatic carbocycles. The number of hydrogen-bond donors (Lipinski definition) is 3. The summed E-state index contributed by atoms with van der Waals surface area (Å²) in [6.07, 6.45) is 2.25. The minimum Gasteiger partial charge on any atom is -0.394 e. The molecule has 0 aliphatic rings. The van der Waals surface area contributed by atoms with Crippen LogP contribution in [0.2, 0.25) is 0 Å². The maximum Gasteiger partial charge on any atom is 0.237 e. The lowest BCUT2D eigenvalue weighted by atomic mass is 9.99. The Labute approximate surface area is 85.9 Å². The Balaban J connectivity index is 4.15. The lowest BCUT2D eigenvalue weighted by Gasteiger charge is -2.28. The molecule has 1 amide bonds. The maximum atomic E-state index is 11.5. The number of carbonyl (C=O) groups is 1. The molecule has 4 nitrogen and oxygen atoms in total. The number of amides is 1. The SMILES string of the molecule is CCC[C@@H](N)C(=O)NC(C)(CC)CO. The molecule has 14 heavy (non-hydrogen) atoms. The first-order chi connectivity index (χ1) is 6.49. The van der Waals surface area contributed by atoms with Crippen LogP contribution in [0.5, 0.6) is 0 Å². The van der Waals surface area contributed by atoms with Crippen molar-refractivity contribution >= 4 is 5.91 Å². The van der Waals surface area contributed by atoms with E-state index in [9.17, 15) is 4.79 Å². The van der Waals surface area contributed by atoms with Crippen LogP contribution in [0.15, 0.2) is 0 Å². The Kier molecular flexibility index (Phi) is 5.72. The number of aliphatic hydroxyl groups excluding tert-OH is 1. The first-order valence-corrected chi connectivity index (χ1v) is 5.17. The normalized spacial score (nSPS) is 17.2. The second-order valence-electron chi connectivity index (χ2n) is 3.96. The Morgan fingerprint density at radius 3 is 2.50 bits per heavy atom. The van der Waals surface area contributed by atoms with Gasteiger partial charge in [0, 0.05) is 0 Å². The number of aliphatic hydroxyl groups is 1. The molecular formula is C10H22N2O2. The van der Waals surface area contributed by atoms with Gasteiger partial charge in [-0.25, -0.2) is 0 Å². The summed E-state index contributed by atoms with van der Waals surface area (Å²) < 4.78 is 0. The standard InChI is InChI=1S/C10H22N2O2/c1-4-6-8(11)9(14)12-10(3,5-2)7-13/h8,13H,4-7,11H2,1-3H3,(H,12,14)/t8-,10?/m1/s1. The monoisotopic (exact) mass is 202 g/mol. The molecule has 0 heterocycles. The van der Waals surface area contributed by atoms with Gasteiger partial charge in [-0.1, -0.05) is 20.3 Å². The second-order valence-corrected chi connectivity index (χ2v) is 3.96. The smallest absolute Gasteiger partial charge is 0.237 e. The van der Waals surface area contributed by atoms with Crippen LogP contribution in [-0.4, -0.2) is 29.2 Å². The van der Waals surface area contributed by atoms with E-state index in [0.29, 0.717) is 12.8 Å². The van der Waals surface area contributed by atoms with E-state index >= 15 is 0 Å². The summed E-state index contributed by atoms with van der Waals surface area (Å²) in [5.41, 5.74) is 5.11. The van der Waals surface area contributed by atoms with Crippen molar-refractivity contribution in [2.45, 2.75) is 51.6 Å². The first-order valence-electron chi connectivity index (χ1n) is 5.17. The molecule has 0 aliphatic heterocycles. The van der Waals surface area contributed by atoms with Gasteiger partial charge in [0.2, 0.25) is 5.91 Å². The highest BCUT2D eigenvalue weighted by atomic mass is 16.3. The topological polar surface area (TPSA) is 75.4 Å². The zero-order valence-electron chi connectivity index (χ0n) is 9.34. The molecule has 0 spiro atoms. The van der Waals surface area contributed by atoms with Gasteiger partial charge in [-0.3, -0.25) is 4.79 Å². The molecule has 0 saturated heterocycles. The Bertz CT molecular complexity index is 179. The van der Waals surface area contributed by atoms with E-state index in [2.05, 4.69) is 5.32 Å². The number of nitrogens with one attached hydrogen (secondary N) is 1. The van der Waals surface area contributed by atoms with Crippen LogP contribution in [0.3, 0.4) is 0 Å². The Morgan fingerprint density at radius 2 is 2.14 bits per heavy atom. The zero-order chi connectivity index (χ0) is 11.2. The van der Waals surface area contributed by atoms with Gasteiger partial charge in [0.1, 0.15) is 0 Å². The molecule has 4 heteroatoms. The predicted octanol–water partition coefficient (Wildman–Crippen LogP) is 0.391. The van der Waals surface area contributed by atoms with Gasteiger partial charge in [-0.05, 0) is 19.8 Å².